The number of nitrogens with zero attached hydrogens (tertiary/aromatic N) is 1. The van der Waals surface area contributed by atoms with Crippen LogP contribution in [-0.2, 0) is 13.2 Å². The molecule has 6 heteroatoms. The van der Waals surface area contributed by atoms with E-state index >= 15 is 0 Å². The van der Waals surface area contributed by atoms with Gasteiger partial charge in [-0.05, 0) is 41.8 Å². The van der Waals surface area contributed by atoms with Crippen molar-refractivity contribution in [1.82, 2.24) is 10.0 Å². The van der Waals surface area contributed by atoms with Crippen LogP contribution in [0.3, 0.4) is 0 Å². The highest BCUT2D eigenvalue weighted by atomic mass is 16.7. The molecule has 39 heavy (non-hydrogen) atoms. The summed E-state index contributed by atoms with van der Waals surface area (Å²) < 4.78 is 12.9. The van der Waals surface area contributed by atoms with Crippen molar-refractivity contribution in [2.75, 3.05) is 13.7 Å². The topological polar surface area (TPSA) is 61.7 Å². The number of nitrogens with one attached hydrogen (secondary N) is 1. The third kappa shape index (κ3) is 8.23. The van der Waals surface area contributed by atoms with Crippen LogP contribution in [0.25, 0.3) is 0 Å². The van der Waals surface area contributed by atoms with Gasteiger partial charge in [0, 0.05) is 12.6 Å². The van der Waals surface area contributed by atoms with E-state index in [-0.39, 0.29) is 23.9 Å². The minimum Gasteiger partial charge on any atom is -0.497 e. The number of hydrogen-bond donors (Lipinski definition) is 1. The van der Waals surface area contributed by atoms with Gasteiger partial charge in [-0.2, -0.15) is 4.73 Å². The zero-order chi connectivity index (χ0) is 27.3. The van der Waals surface area contributed by atoms with Crippen molar-refractivity contribution in [1.29, 1.82) is 0 Å². The van der Waals surface area contributed by atoms with Crippen molar-refractivity contribution >= 4 is 0 Å². The maximum absolute atomic E-state index is 13.1. The Bertz CT molecular complexity index is 1280. The summed E-state index contributed by atoms with van der Waals surface area (Å²) in [7, 11) is 1.63. The molecule has 1 N–H and O–H groups in total. The van der Waals surface area contributed by atoms with Gasteiger partial charge in [-0.15, -0.1) is 0 Å². The maximum atomic E-state index is 13.1. The molecule has 0 unspecified atom stereocenters. The van der Waals surface area contributed by atoms with Crippen molar-refractivity contribution in [3.05, 3.63) is 130 Å². The lowest BCUT2D eigenvalue weighted by molar-refractivity contribution is 0.0514. The zero-order valence-electron chi connectivity index (χ0n) is 22.8. The summed E-state index contributed by atoms with van der Waals surface area (Å²) in [4.78, 5) is 19.7. The number of benzene rings is 3. The standard InChI is InChI=1S/C33H38N2O4/c1-3-4-5-12-21-34-23-29-22-31(36)32(38-25-26-17-19-30(37-2)20-18-26)24-35(29)39-33(27-13-8-6-9-14-27)28-15-10-7-11-16-28/h6-11,13-20,22,24,33-34H,3-5,12,21,23,25H2,1-2H3. The predicted octanol–water partition coefficient (Wildman–Crippen LogP) is 6.32. The molecule has 0 saturated carbocycles. The second-order valence-electron chi connectivity index (χ2n) is 9.50. The lowest BCUT2D eigenvalue weighted by Gasteiger charge is -2.24. The smallest absolute Gasteiger partial charge is 0.223 e. The Morgan fingerprint density at radius 1 is 0.846 bits per heavy atom. The predicted molar refractivity (Wildman–Crippen MR) is 155 cm³/mol. The molecule has 0 fully saturated rings. The highest BCUT2D eigenvalue weighted by Gasteiger charge is 2.19. The number of hydrogen-bond acceptors (Lipinski definition) is 5. The SMILES string of the molecule is CCCCCCNCc1cc(=O)c(OCc2ccc(OC)cc2)cn1OC(c1ccccc1)c1ccccc1. The van der Waals surface area contributed by atoms with Crippen molar-refractivity contribution in [3.63, 3.8) is 0 Å². The van der Waals surface area contributed by atoms with Gasteiger partial charge in [-0.1, -0.05) is 99.0 Å². The first-order chi connectivity index (χ1) is 19.2. The number of unbranched alkanes of at least 4 members (excludes halogenated alkanes) is 3. The van der Waals surface area contributed by atoms with E-state index in [0.29, 0.717) is 6.54 Å². The second-order valence-corrected chi connectivity index (χ2v) is 9.50. The Labute approximate surface area is 231 Å². The van der Waals surface area contributed by atoms with Gasteiger partial charge < -0.3 is 19.6 Å². The van der Waals surface area contributed by atoms with Crippen LogP contribution in [0.5, 0.6) is 11.5 Å². The van der Waals surface area contributed by atoms with Crippen LogP contribution < -0.4 is 25.1 Å². The van der Waals surface area contributed by atoms with Gasteiger partial charge in [-0.25, -0.2) is 0 Å². The number of aromatic nitrogens is 1. The van der Waals surface area contributed by atoms with Gasteiger partial charge in [-0.3, -0.25) is 4.79 Å². The van der Waals surface area contributed by atoms with Crippen LogP contribution in [0.15, 0.2) is 102 Å². The largest absolute Gasteiger partial charge is 0.497 e. The van der Waals surface area contributed by atoms with Crippen molar-refractivity contribution in [3.8, 4) is 11.5 Å². The summed E-state index contributed by atoms with van der Waals surface area (Å²) in [5, 5.41) is 3.48. The Kier molecular flexibility index (Phi) is 10.6. The number of rotatable bonds is 15. The van der Waals surface area contributed by atoms with Crippen LogP contribution in [0.1, 0.15) is 61.1 Å². The summed E-state index contributed by atoms with van der Waals surface area (Å²) >= 11 is 0. The summed E-state index contributed by atoms with van der Waals surface area (Å²) in [5.41, 5.74) is 3.53. The van der Waals surface area contributed by atoms with E-state index < -0.39 is 0 Å². The average molecular weight is 527 g/mol. The molecule has 0 aliphatic rings. The third-order valence-electron chi connectivity index (χ3n) is 6.55. The van der Waals surface area contributed by atoms with E-state index in [1.165, 1.54) is 19.3 Å². The van der Waals surface area contributed by atoms with E-state index in [1.54, 1.807) is 24.1 Å². The van der Waals surface area contributed by atoms with Crippen LogP contribution in [0.4, 0.5) is 0 Å². The molecule has 1 heterocycles. The molecule has 4 rings (SSSR count). The van der Waals surface area contributed by atoms with Crippen molar-refractivity contribution < 1.29 is 14.3 Å². The molecule has 0 spiro atoms. The molecule has 0 saturated heterocycles. The van der Waals surface area contributed by atoms with Gasteiger partial charge in [0.05, 0.1) is 19.0 Å². The van der Waals surface area contributed by atoms with Gasteiger partial charge in [0.2, 0.25) is 5.43 Å². The van der Waals surface area contributed by atoms with Crippen LogP contribution >= 0.6 is 0 Å². The quantitative estimate of drug-likeness (QED) is 0.184. The van der Waals surface area contributed by atoms with E-state index in [1.807, 2.05) is 84.9 Å². The van der Waals surface area contributed by atoms with Crippen LogP contribution in [0, 0.1) is 0 Å². The van der Waals surface area contributed by atoms with E-state index in [9.17, 15) is 4.79 Å². The highest BCUT2D eigenvalue weighted by Crippen LogP contribution is 2.24. The molecule has 3 aromatic carbocycles. The molecule has 1 aromatic heterocycles. The van der Waals surface area contributed by atoms with E-state index in [2.05, 4.69) is 12.2 Å². The lowest BCUT2D eigenvalue weighted by atomic mass is 10.0. The van der Waals surface area contributed by atoms with Gasteiger partial charge in [0.1, 0.15) is 12.4 Å². The number of methoxy groups -OCH3 is 1. The molecule has 0 bridgehead atoms. The first kappa shape index (κ1) is 28.0. The highest BCUT2D eigenvalue weighted by molar-refractivity contribution is 5.31. The minimum atomic E-state index is -0.368. The molecule has 0 aliphatic heterocycles. The first-order valence-corrected chi connectivity index (χ1v) is 13.7. The second kappa shape index (κ2) is 14.8. The fourth-order valence-corrected chi connectivity index (χ4v) is 4.33. The molecule has 0 atom stereocenters. The first-order valence-electron chi connectivity index (χ1n) is 13.7. The summed E-state index contributed by atoms with van der Waals surface area (Å²) in [6, 6.07) is 29.4. The van der Waals surface area contributed by atoms with E-state index in [0.717, 1.165) is 41.1 Å². The fourth-order valence-electron chi connectivity index (χ4n) is 4.33. The average Bonchev–Trinajstić information content (AvgIpc) is 2.99. The summed E-state index contributed by atoms with van der Waals surface area (Å²) in [6.07, 6.45) is 6.01. The maximum Gasteiger partial charge on any atom is 0.223 e. The zero-order valence-corrected chi connectivity index (χ0v) is 22.8. The molecule has 4 aromatic rings. The molecule has 0 amide bonds. The molecular formula is C33H38N2O4. The van der Waals surface area contributed by atoms with Gasteiger partial charge in [0.25, 0.3) is 0 Å². The summed E-state index contributed by atoms with van der Waals surface area (Å²) in [6.45, 7) is 3.85. The van der Waals surface area contributed by atoms with Crippen molar-refractivity contribution in [2.24, 2.45) is 0 Å². The van der Waals surface area contributed by atoms with Crippen molar-refractivity contribution in [2.45, 2.75) is 51.9 Å². The fraction of sp³-hybridized carbons (Fsp3) is 0.303. The molecule has 6 nitrogen and oxygen atoms in total. The van der Waals surface area contributed by atoms with Gasteiger partial charge >= 0.3 is 0 Å². The number of pyridine rings is 1. The van der Waals surface area contributed by atoms with Crippen LogP contribution in [-0.4, -0.2) is 18.4 Å². The van der Waals surface area contributed by atoms with Gasteiger partial charge in [0.15, 0.2) is 11.9 Å². The number of ether oxygens (including phenoxy) is 2. The monoisotopic (exact) mass is 526 g/mol. The Morgan fingerprint density at radius 2 is 1.51 bits per heavy atom. The normalized spacial score (nSPS) is 10.9. The third-order valence-corrected chi connectivity index (χ3v) is 6.55. The molecular weight excluding hydrogens is 488 g/mol. The van der Waals surface area contributed by atoms with Crippen LogP contribution in [0.2, 0.25) is 0 Å². The molecule has 204 valence electrons. The Morgan fingerprint density at radius 3 is 2.13 bits per heavy atom. The minimum absolute atomic E-state index is 0.179. The molecule has 0 radical (unpaired) electrons. The Hall–Kier alpha value is -4.03. The lowest BCUT2D eigenvalue weighted by Crippen LogP contribution is -2.28. The van der Waals surface area contributed by atoms with E-state index in [4.69, 9.17) is 14.3 Å². The summed E-state index contributed by atoms with van der Waals surface area (Å²) in [5.74, 6) is 1.01. The molecule has 0 aliphatic carbocycles. The Balaban J connectivity index is 1.60.